The SMILES string of the molecule is CC[C@@H](C)c1ccccc1NC(=O)[C@@H](C)N1CCN(c2ccc(O)cc2)CC1. The van der Waals surface area contributed by atoms with Crippen molar-refractivity contribution in [2.24, 2.45) is 0 Å². The maximum atomic E-state index is 12.9. The Kier molecular flexibility index (Phi) is 6.57. The number of anilines is 2. The van der Waals surface area contributed by atoms with Crippen molar-refractivity contribution in [2.45, 2.75) is 39.2 Å². The van der Waals surface area contributed by atoms with Gasteiger partial charge >= 0.3 is 0 Å². The Morgan fingerprint density at radius 3 is 2.32 bits per heavy atom. The Morgan fingerprint density at radius 2 is 1.68 bits per heavy atom. The van der Waals surface area contributed by atoms with Gasteiger partial charge in [0, 0.05) is 37.6 Å². The van der Waals surface area contributed by atoms with Crippen molar-refractivity contribution < 1.29 is 9.90 Å². The number of carbonyl (C=O) groups excluding carboxylic acids is 1. The molecule has 28 heavy (non-hydrogen) atoms. The first kappa shape index (κ1) is 20.2. The fourth-order valence-electron chi connectivity index (χ4n) is 3.69. The molecule has 1 aliphatic heterocycles. The highest BCUT2D eigenvalue weighted by Gasteiger charge is 2.26. The second-order valence-corrected chi connectivity index (χ2v) is 7.60. The van der Waals surface area contributed by atoms with E-state index in [9.17, 15) is 9.90 Å². The second-order valence-electron chi connectivity index (χ2n) is 7.60. The predicted octanol–water partition coefficient (Wildman–Crippen LogP) is 4.05. The zero-order valence-corrected chi connectivity index (χ0v) is 17.1. The lowest BCUT2D eigenvalue weighted by Gasteiger charge is -2.38. The summed E-state index contributed by atoms with van der Waals surface area (Å²) in [5.74, 6) is 0.750. The first-order valence-corrected chi connectivity index (χ1v) is 10.2. The fraction of sp³-hybridized carbons (Fsp3) is 0.435. The number of amides is 1. The Balaban J connectivity index is 1.58. The minimum absolute atomic E-state index is 0.0498. The van der Waals surface area contributed by atoms with Gasteiger partial charge in [-0.2, -0.15) is 0 Å². The summed E-state index contributed by atoms with van der Waals surface area (Å²) in [6.07, 6.45) is 1.04. The average molecular weight is 382 g/mol. The van der Waals surface area contributed by atoms with E-state index >= 15 is 0 Å². The summed E-state index contributed by atoms with van der Waals surface area (Å²) in [5, 5.41) is 12.6. The number of phenols is 1. The van der Waals surface area contributed by atoms with Crippen LogP contribution in [0, 0.1) is 0 Å². The summed E-state index contributed by atoms with van der Waals surface area (Å²) in [6.45, 7) is 9.75. The molecule has 2 aromatic carbocycles. The van der Waals surface area contributed by atoms with E-state index in [0.29, 0.717) is 5.92 Å². The monoisotopic (exact) mass is 381 g/mol. The molecule has 2 atom stereocenters. The van der Waals surface area contributed by atoms with Gasteiger partial charge in [0.2, 0.25) is 5.91 Å². The van der Waals surface area contributed by atoms with Crippen LogP contribution in [0.3, 0.4) is 0 Å². The topological polar surface area (TPSA) is 55.8 Å². The lowest BCUT2D eigenvalue weighted by Crippen LogP contribution is -2.52. The molecule has 1 amide bonds. The minimum atomic E-state index is -0.174. The molecule has 0 radical (unpaired) electrons. The predicted molar refractivity (Wildman–Crippen MR) is 115 cm³/mol. The zero-order chi connectivity index (χ0) is 20.1. The molecule has 2 aromatic rings. The number of rotatable bonds is 6. The highest BCUT2D eigenvalue weighted by Crippen LogP contribution is 2.27. The van der Waals surface area contributed by atoms with Gasteiger partial charge in [0.1, 0.15) is 5.75 Å². The quantitative estimate of drug-likeness (QED) is 0.792. The molecule has 5 heteroatoms. The molecule has 0 aliphatic carbocycles. The normalized spacial score (nSPS) is 17.2. The first-order chi connectivity index (χ1) is 13.5. The van der Waals surface area contributed by atoms with Crippen molar-refractivity contribution in [1.82, 2.24) is 4.90 Å². The van der Waals surface area contributed by atoms with Gasteiger partial charge in [-0.25, -0.2) is 0 Å². The van der Waals surface area contributed by atoms with Crippen LogP contribution in [0.4, 0.5) is 11.4 Å². The number of piperazine rings is 1. The number of para-hydroxylation sites is 1. The number of benzene rings is 2. The molecule has 0 aromatic heterocycles. The molecule has 2 N–H and O–H groups in total. The zero-order valence-electron chi connectivity index (χ0n) is 17.1. The number of nitrogens with one attached hydrogen (secondary N) is 1. The van der Waals surface area contributed by atoms with E-state index in [2.05, 4.69) is 35.0 Å². The first-order valence-electron chi connectivity index (χ1n) is 10.2. The molecule has 150 valence electrons. The van der Waals surface area contributed by atoms with Crippen LogP contribution in [-0.2, 0) is 4.79 Å². The molecule has 3 rings (SSSR count). The van der Waals surface area contributed by atoms with Crippen molar-refractivity contribution in [3.63, 3.8) is 0 Å². The number of phenolic OH excluding ortho intramolecular Hbond substituents is 1. The van der Waals surface area contributed by atoms with Crippen molar-refractivity contribution in [2.75, 3.05) is 36.4 Å². The van der Waals surface area contributed by atoms with E-state index in [1.165, 1.54) is 5.56 Å². The van der Waals surface area contributed by atoms with Crippen LogP contribution in [0.1, 0.15) is 38.7 Å². The average Bonchev–Trinajstić information content (AvgIpc) is 2.73. The molecule has 5 nitrogen and oxygen atoms in total. The maximum absolute atomic E-state index is 12.9. The highest BCUT2D eigenvalue weighted by atomic mass is 16.3. The number of hydrogen-bond acceptors (Lipinski definition) is 4. The molecule has 0 spiro atoms. The van der Waals surface area contributed by atoms with Crippen LogP contribution in [-0.4, -0.2) is 48.1 Å². The van der Waals surface area contributed by atoms with E-state index in [4.69, 9.17) is 0 Å². The summed E-state index contributed by atoms with van der Waals surface area (Å²) in [6, 6.07) is 15.2. The van der Waals surface area contributed by atoms with Gasteiger partial charge in [0.05, 0.1) is 6.04 Å². The van der Waals surface area contributed by atoms with E-state index in [1.807, 2.05) is 37.3 Å². The smallest absolute Gasteiger partial charge is 0.241 e. The highest BCUT2D eigenvalue weighted by molar-refractivity contribution is 5.95. The Bertz CT molecular complexity index is 783. The van der Waals surface area contributed by atoms with Crippen LogP contribution < -0.4 is 10.2 Å². The molecular weight excluding hydrogens is 350 g/mol. The van der Waals surface area contributed by atoms with Crippen LogP contribution in [0.5, 0.6) is 5.75 Å². The molecule has 0 saturated carbocycles. The minimum Gasteiger partial charge on any atom is -0.508 e. The molecule has 1 heterocycles. The maximum Gasteiger partial charge on any atom is 0.241 e. The Hall–Kier alpha value is -2.53. The van der Waals surface area contributed by atoms with Gasteiger partial charge in [0.15, 0.2) is 0 Å². The van der Waals surface area contributed by atoms with Crippen molar-refractivity contribution in [3.05, 3.63) is 54.1 Å². The van der Waals surface area contributed by atoms with E-state index in [-0.39, 0.29) is 17.7 Å². The Labute approximate surface area is 168 Å². The van der Waals surface area contributed by atoms with Gasteiger partial charge in [-0.15, -0.1) is 0 Å². The third kappa shape index (κ3) is 4.65. The molecular formula is C23H31N3O2. The van der Waals surface area contributed by atoms with Gasteiger partial charge in [-0.05, 0) is 55.2 Å². The molecule has 1 saturated heterocycles. The third-order valence-corrected chi connectivity index (χ3v) is 5.82. The lowest BCUT2D eigenvalue weighted by molar-refractivity contribution is -0.120. The van der Waals surface area contributed by atoms with Crippen molar-refractivity contribution >= 4 is 17.3 Å². The van der Waals surface area contributed by atoms with E-state index < -0.39 is 0 Å². The van der Waals surface area contributed by atoms with Gasteiger partial charge in [-0.3, -0.25) is 9.69 Å². The van der Waals surface area contributed by atoms with Gasteiger partial charge < -0.3 is 15.3 Å². The number of nitrogens with zero attached hydrogens (tertiary/aromatic N) is 2. The van der Waals surface area contributed by atoms with Crippen LogP contribution >= 0.6 is 0 Å². The van der Waals surface area contributed by atoms with Crippen LogP contribution in [0.15, 0.2) is 48.5 Å². The number of carbonyl (C=O) groups is 1. The van der Waals surface area contributed by atoms with E-state index in [1.54, 1.807) is 12.1 Å². The van der Waals surface area contributed by atoms with E-state index in [0.717, 1.165) is 44.0 Å². The lowest BCUT2D eigenvalue weighted by atomic mass is 9.97. The molecule has 1 fully saturated rings. The van der Waals surface area contributed by atoms with Gasteiger partial charge in [-0.1, -0.05) is 32.0 Å². The fourth-order valence-corrected chi connectivity index (χ4v) is 3.69. The standard InChI is InChI=1S/C23H31N3O2/c1-4-17(2)21-7-5-6-8-22(21)24-23(28)18(3)25-13-15-26(16-14-25)19-9-11-20(27)12-10-19/h5-12,17-18,27H,4,13-16H2,1-3H3,(H,24,28)/t17-,18-/m1/s1. The van der Waals surface area contributed by atoms with Gasteiger partial charge in [0.25, 0.3) is 0 Å². The molecule has 0 unspecified atom stereocenters. The molecule has 1 aliphatic rings. The summed E-state index contributed by atoms with van der Waals surface area (Å²) in [7, 11) is 0. The molecule has 0 bridgehead atoms. The van der Waals surface area contributed by atoms with Crippen LogP contribution in [0.25, 0.3) is 0 Å². The van der Waals surface area contributed by atoms with Crippen molar-refractivity contribution in [1.29, 1.82) is 0 Å². The number of aromatic hydroxyl groups is 1. The summed E-state index contributed by atoms with van der Waals surface area (Å²) < 4.78 is 0. The summed E-state index contributed by atoms with van der Waals surface area (Å²) in [5.41, 5.74) is 3.23. The number of hydrogen-bond donors (Lipinski definition) is 2. The Morgan fingerprint density at radius 1 is 1.04 bits per heavy atom. The largest absolute Gasteiger partial charge is 0.508 e. The van der Waals surface area contributed by atoms with Crippen LogP contribution in [0.2, 0.25) is 0 Å². The second kappa shape index (κ2) is 9.11. The summed E-state index contributed by atoms with van der Waals surface area (Å²) >= 11 is 0. The third-order valence-electron chi connectivity index (χ3n) is 5.82. The van der Waals surface area contributed by atoms with Crippen molar-refractivity contribution in [3.8, 4) is 5.75 Å². The summed E-state index contributed by atoms with van der Waals surface area (Å²) in [4.78, 5) is 17.4.